The van der Waals surface area contributed by atoms with Gasteiger partial charge in [0.25, 0.3) is 5.91 Å². The van der Waals surface area contributed by atoms with E-state index in [1.807, 2.05) is 0 Å². The molecule has 1 amide bonds. The molecule has 0 unspecified atom stereocenters. The molecule has 0 atom stereocenters. The summed E-state index contributed by atoms with van der Waals surface area (Å²) in [6.45, 7) is 4.28. The normalized spacial score (nSPS) is 15.8. The van der Waals surface area contributed by atoms with Crippen LogP contribution in [0.5, 0.6) is 0 Å². The van der Waals surface area contributed by atoms with E-state index in [4.69, 9.17) is 4.74 Å². The Hall–Kier alpha value is -1.97. The summed E-state index contributed by atoms with van der Waals surface area (Å²) < 4.78 is 43.7. The Balaban J connectivity index is 1.59. The molecule has 0 radical (unpaired) electrons. The predicted molar refractivity (Wildman–Crippen MR) is 92.1 cm³/mol. The molecule has 1 aromatic heterocycles. The fraction of sp³-hybridized carbons (Fsp3) is 0.412. The Kier molecular flexibility index (Phi) is 5.90. The maximum Gasteiger partial charge on any atom is 0.416 e. The van der Waals surface area contributed by atoms with Gasteiger partial charge in [0, 0.05) is 37.1 Å². The number of morpholine rings is 1. The second-order valence-corrected chi connectivity index (χ2v) is 6.68. The third kappa shape index (κ3) is 4.80. The number of carbonyl (C=O) groups excluding carboxylic acids is 1. The van der Waals surface area contributed by atoms with Crippen molar-refractivity contribution in [2.45, 2.75) is 6.18 Å². The first kappa shape index (κ1) is 18.8. The Bertz CT molecular complexity index is 758. The van der Waals surface area contributed by atoms with Crippen molar-refractivity contribution in [3.05, 3.63) is 40.2 Å². The lowest BCUT2D eigenvalue weighted by Crippen LogP contribution is -2.41. The van der Waals surface area contributed by atoms with Crippen LogP contribution in [0.1, 0.15) is 15.4 Å². The number of aromatic nitrogens is 1. The zero-order valence-corrected chi connectivity index (χ0v) is 14.7. The smallest absolute Gasteiger partial charge is 0.379 e. The molecule has 26 heavy (non-hydrogen) atoms. The van der Waals surface area contributed by atoms with Crippen LogP contribution in [0.3, 0.4) is 0 Å². The Morgan fingerprint density at radius 2 is 2.08 bits per heavy atom. The number of rotatable bonds is 5. The highest BCUT2D eigenvalue weighted by atomic mass is 32.1. The van der Waals surface area contributed by atoms with E-state index in [9.17, 15) is 18.0 Å². The van der Waals surface area contributed by atoms with E-state index in [-0.39, 0.29) is 10.9 Å². The molecule has 1 saturated heterocycles. The van der Waals surface area contributed by atoms with Crippen LogP contribution in [0.2, 0.25) is 0 Å². The number of hydrogen-bond donors (Lipinski definition) is 1. The second kappa shape index (κ2) is 8.15. The maximum absolute atomic E-state index is 12.8. The molecule has 140 valence electrons. The average molecular weight is 385 g/mol. The zero-order valence-electron chi connectivity index (χ0n) is 13.9. The van der Waals surface area contributed by atoms with Crippen LogP contribution < -0.4 is 5.32 Å². The van der Waals surface area contributed by atoms with Crippen LogP contribution in [0.4, 0.5) is 13.2 Å². The van der Waals surface area contributed by atoms with Crippen LogP contribution in [-0.4, -0.2) is 55.2 Å². The van der Waals surface area contributed by atoms with E-state index in [1.165, 1.54) is 6.07 Å². The molecule has 3 rings (SSSR count). The molecule has 1 aromatic carbocycles. The lowest BCUT2D eigenvalue weighted by molar-refractivity contribution is -0.137. The van der Waals surface area contributed by atoms with Gasteiger partial charge in [0.05, 0.1) is 24.5 Å². The van der Waals surface area contributed by atoms with E-state index in [1.54, 1.807) is 11.4 Å². The number of nitrogens with one attached hydrogen (secondary N) is 1. The summed E-state index contributed by atoms with van der Waals surface area (Å²) in [6.07, 6.45) is -4.41. The van der Waals surface area contributed by atoms with Crippen molar-refractivity contribution in [1.82, 2.24) is 15.2 Å². The molecule has 0 saturated carbocycles. The van der Waals surface area contributed by atoms with Gasteiger partial charge in [-0.05, 0) is 12.1 Å². The Morgan fingerprint density at radius 3 is 2.81 bits per heavy atom. The van der Waals surface area contributed by atoms with Gasteiger partial charge in [-0.3, -0.25) is 9.69 Å². The van der Waals surface area contributed by atoms with Gasteiger partial charge in [-0.2, -0.15) is 13.2 Å². The minimum absolute atomic E-state index is 0.236. The first-order valence-corrected chi connectivity index (χ1v) is 9.03. The number of ether oxygens (including phenoxy) is 1. The number of nitrogens with zero attached hydrogens (tertiary/aromatic N) is 2. The lowest BCUT2D eigenvalue weighted by Gasteiger charge is -2.26. The number of carbonyl (C=O) groups is 1. The molecule has 5 nitrogen and oxygen atoms in total. The van der Waals surface area contributed by atoms with Crippen LogP contribution in [0.15, 0.2) is 29.6 Å². The van der Waals surface area contributed by atoms with Crippen molar-refractivity contribution in [1.29, 1.82) is 0 Å². The van der Waals surface area contributed by atoms with Gasteiger partial charge >= 0.3 is 6.18 Å². The summed E-state index contributed by atoms with van der Waals surface area (Å²) in [5.41, 5.74) is -0.0395. The summed E-state index contributed by atoms with van der Waals surface area (Å²) in [7, 11) is 0. The molecule has 0 spiro atoms. The summed E-state index contributed by atoms with van der Waals surface area (Å²) >= 11 is 1.11. The van der Waals surface area contributed by atoms with Crippen molar-refractivity contribution in [2.24, 2.45) is 0 Å². The van der Waals surface area contributed by atoms with Gasteiger partial charge in [-0.25, -0.2) is 4.98 Å². The van der Waals surface area contributed by atoms with Crippen molar-refractivity contribution in [3.63, 3.8) is 0 Å². The van der Waals surface area contributed by atoms with Gasteiger partial charge in [-0.15, -0.1) is 11.3 Å². The van der Waals surface area contributed by atoms with Crippen LogP contribution in [0, 0.1) is 0 Å². The third-order valence-electron chi connectivity index (χ3n) is 4.00. The van der Waals surface area contributed by atoms with E-state index in [0.717, 1.165) is 43.1 Å². The molecule has 1 N–H and O–H groups in total. The van der Waals surface area contributed by atoms with E-state index in [2.05, 4.69) is 15.2 Å². The van der Waals surface area contributed by atoms with Gasteiger partial charge in [0.2, 0.25) is 0 Å². The summed E-state index contributed by atoms with van der Waals surface area (Å²) in [5.74, 6) is -0.318. The maximum atomic E-state index is 12.8. The van der Waals surface area contributed by atoms with E-state index in [0.29, 0.717) is 31.0 Å². The van der Waals surface area contributed by atoms with Crippen molar-refractivity contribution >= 4 is 17.2 Å². The Morgan fingerprint density at radius 1 is 1.31 bits per heavy atom. The van der Waals surface area contributed by atoms with Gasteiger partial charge in [0.15, 0.2) is 5.01 Å². The molecular weight excluding hydrogens is 367 g/mol. The second-order valence-electron chi connectivity index (χ2n) is 5.83. The fourth-order valence-corrected chi connectivity index (χ4v) is 3.34. The number of amides is 1. The van der Waals surface area contributed by atoms with Crippen molar-refractivity contribution in [3.8, 4) is 11.3 Å². The molecular formula is C17H18F3N3O2S. The standard InChI is InChI=1S/C17H18F3N3O2S/c18-17(19,20)13-3-1-2-12(10-13)14-11-26-16(22-14)15(24)21-4-5-23-6-8-25-9-7-23/h1-3,10-11H,4-9H2,(H,21,24). The SMILES string of the molecule is O=C(NCCN1CCOCC1)c1nc(-c2cccc(C(F)(F)F)c2)cs1. The first-order chi connectivity index (χ1) is 12.4. The minimum Gasteiger partial charge on any atom is -0.379 e. The number of benzene rings is 1. The summed E-state index contributed by atoms with van der Waals surface area (Å²) in [5, 5.41) is 4.62. The molecule has 1 fully saturated rings. The zero-order chi connectivity index (χ0) is 18.6. The lowest BCUT2D eigenvalue weighted by atomic mass is 10.1. The molecule has 9 heteroatoms. The summed E-state index contributed by atoms with van der Waals surface area (Å²) in [6, 6.07) is 4.92. The van der Waals surface area contributed by atoms with E-state index >= 15 is 0 Å². The Labute approximate surface area is 152 Å². The quantitative estimate of drug-likeness (QED) is 0.860. The van der Waals surface area contributed by atoms with E-state index < -0.39 is 11.7 Å². The fourth-order valence-electron chi connectivity index (χ4n) is 2.59. The number of alkyl halides is 3. The minimum atomic E-state index is -4.41. The highest BCUT2D eigenvalue weighted by Gasteiger charge is 2.30. The molecule has 0 bridgehead atoms. The highest BCUT2D eigenvalue weighted by molar-refractivity contribution is 7.12. The monoisotopic (exact) mass is 385 g/mol. The molecule has 0 aliphatic carbocycles. The van der Waals surface area contributed by atoms with Crippen LogP contribution in [-0.2, 0) is 10.9 Å². The molecule has 2 aromatic rings. The molecule has 2 heterocycles. The van der Waals surface area contributed by atoms with Gasteiger partial charge in [-0.1, -0.05) is 12.1 Å². The average Bonchev–Trinajstić information content (AvgIpc) is 3.12. The topological polar surface area (TPSA) is 54.5 Å². The number of halogens is 3. The van der Waals surface area contributed by atoms with Crippen LogP contribution >= 0.6 is 11.3 Å². The molecule has 1 aliphatic rings. The van der Waals surface area contributed by atoms with Gasteiger partial charge < -0.3 is 10.1 Å². The van der Waals surface area contributed by atoms with Crippen molar-refractivity contribution < 1.29 is 22.7 Å². The number of thiazole rings is 1. The first-order valence-electron chi connectivity index (χ1n) is 8.15. The van der Waals surface area contributed by atoms with Gasteiger partial charge in [0.1, 0.15) is 0 Å². The largest absolute Gasteiger partial charge is 0.416 e. The highest BCUT2D eigenvalue weighted by Crippen LogP contribution is 2.32. The third-order valence-corrected chi connectivity index (χ3v) is 4.84. The van der Waals surface area contributed by atoms with Crippen LogP contribution in [0.25, 0.3) is 11.3 Å². The predicted octanol–water partition coefficient (Wildman–Crippen LogP) is 2.89. The number of hydrogen-bond acceptors (Lipinski definition) is 5. The molecule has 1 aliphatic heterocycles. The summed E-state index contributed by atoms with van der Waals surface area (Å²) in [4.78, 5) is 18.5. The van der Waals surface area contributed by atoms with Crippen molar-refractivity contribution in [2.75, 3.05) is 39.4 Å².